The van der Waals surface area contributed by atoms with Gasteiger partial charge in [-0.2, -0.15) is 13.2 Å². The summed E-state index contributed by atoms with van der Waals surface area (Å²) in [6, 6.07) is 13.1. The lowest BCUT2D eigenvalue weighted by atomic mass is 10.1. The summed E-state index contributed by atoms with van der Waals surface area (Å²) in [5, 5.41) is 6.26. The zero-order chi connectivity index (χ0) is 25.9. The summed E-state index contributed by atoms with van der Waals surface area (Å²) < 4.78 is 44.1. The Morgan fingerprint density at radius 1 is 1.19 bits per heavy atom. The Hall–Kier alpha value is -3.37. The Morgan fingerprint density at radius 2 is 1.89 bits per heavy atom. The molecule has 0 saturated carbocycles. The van der Waals surface area contributed by atoms with E-state index in [2.05, 4.69) is 15.6 Å². The van der Waals surface area contributed by atoms with Crippen LogP contribution in [0.1, 0.15) is 24.5 Å². The Bertz CT molecular complexity index is 1270. The van der Waals surface area contributed by atoms with Gasteiger partial charge in [0.1, 0.15) is 11.8 Å². The first-order valence-corrected chi connectivity index (χ1v) is 11.6. The summed E-state index contributed by atoms with van der Waals surface area (Å²) in [5.74, 6) is -0.713. The van der Waals surface area contributed by atoms with Gasteiger partial charge in [-0.1, -0.05) is 36.4 Å². The fourth-order valence-electron chi connectivity index (χ4n) is 4.23. The summed E-state index contributed by atoms with van der Waals surface area (Å²) in [6.07, 6.45) is -2.34. The molecule has 3 aromatic rings. The lowest BCUT2D eigenvalue weighted by molar-refractivity contribution is -0.153. The minimum absolute atomic E-state index is 0. The number of rotatable bonds is 7. The number of alkyl halides is 3. The quantitative estimate of drug-likeness (QED) is 0.473. The Kier molecular flexibility index (Phi) is 8.98. The lowest BCUT2D eigenvalue weighted by Crippen LogP contribution is -2.52. The van der Waals surface area contributed by atoms with Gasteiger partial charge in [-0.15, -0.1) is 12.4 Å². The molecule has 1 aliphatic heterocycles. The van der Waals surface area contributed by atoms with E-state index in [-0.39, 0.29) is 36.5 Å². The molecular formula is C26H28ClF3N4O3. The number of aromatic nitrogens is 1. The molecule has 37 heavy (non-hydrogen) atoms. The third-order valence-electron chi connectivity index (χ3n) is 6.25. The van der Waals surface area contributed by atoms with Crippen molar-refractivity contribution in [3.05, 3.63) is 65.9 Å². The third-order valence-corrected chi connectivity index (χ3v) is 6.25. The van der Waals surface area contributed by atoms with Crippen LogP contribution in [0.15, 0.2) is 54.7 Å². The minimum atomic E-state index is -4.53. The van der Waals surface area contributed by atoms with E-state index < -0.39 is 24.9 Å². The van der Waals surface area contributed by atoms with Crippen molar-refractivity contribution in [2.75, 3.05) is 18.6 Å². The van der Waals surface area contributed by atoms with Gasteiger partial charge in [0.25, 0.3) is 0 Å². The zero-order valence-electron chi connectivity index (χ0n) is 20.3. The largest absolute Gasteiger partial charge is 0.482 e. The first-order valence-electron chi connectivity index (χ1n) is 11.6. The van der Waals surface area contributed by atoms with Gasteiger partial charge in [0.2, 0.25) is 11.8 Å². The highest BCUT2D eigenvalue weighted by Crippen LogP contribution is 2.34. The second kappa shape index (κ2) is 11.8. The number of anilines is 1. The number of amides is 2. The molecular weight excluding hydrogens is 509 g/mol. The first kappa shape index (κ1) is 28.2. The highest BCUT2D eigenvalue weighted by atomic mass is 35.5. The maximum absolute atomic E-state index is 13.8. The van der Waals surface area contributed by atoms with Crippen LogP contribution in [0.5, 0.6) is 5.75 Å². The predicted octanol–water partition coefficient (Wildman–Crippen LogP) is 4.17. The van der Waals surface area contributed by atoms with Crippen molar-refractivity contribution in [3.8, 4) is 5.75 Å². The van der Waals surface area contributed by atoms with E-state index in [4.69, 9.17) is 4.74 Å². The van der Waals surface area contributed by atoms with Gasteiger partial charge in [-0.05, 0) is 44.5 Å². The van der Waals surface area contributed by atoms with Crippen LogP contribution in [0, 0.1) is 0 Å². The van der Waals surface area contributed by atoms with Gasteiger partial charge in [-0.25, -0.2) is 0 Å². The molecule has 0 spiro atoms. The van der Waals surface area contributed by atoms with Crippen LogP contribution in [-0.4, -0.2) is 48.7 Å². The van der Waals surface area contributed by atoms with Crippen LogP contribution in [0.2, 0.25) is 0 Å². The van der Waals surface area contributed by atoms with Crippen molar-refractivity contribution in [3.63, 3.8) is 0 Å². The van der Waals surface area contributed by atoms with Gasteiger partial charge in [0.15, 0.2) is 6.61 Å². The number of aryl methyl sites for hydroxylation is 1. The number of ether oxygens (including phenoxy) is 1. The van der Waals surface area contributed by atoms with E-state index in [1.54, 1.807) is 50.4 Å². The number of benzene rings is 2. The molecule has 2 aromatic carbocycles. The van der Waals surface area contributed by atoms with Crippen molar-refractivity contribution in [1.82, 2.24) is 15.6 Å². The number of nitrogens with one attached hydrogen (secondary N) is 2. The lowest BCUT2D eigenvalue weighted by Gasteiger charge is -2.28. The minimum Gasteiger partial charge on any atom is -0.482 e. The van der Waals surface area contributed by atoms with Gasteiger partial charge >= 0.3 is 6.18 Å². The monoisotopic (exact) mass is 536 g/mol. The van der Waals surface area contributed by atoms with E-state index in [1.165, 1.54) is 11.1 Å². The number of carbonyl (C=O) groups excluding carboxylic acids is 2. The smallest absolute Gasteiger partial charge is 0.422 e. The molecule has 11 heteroatoms. The number of hydrogen-bond donors (Lipinski definition) is 2. The maximum atomic E-state index is 13.8. The van der Waals surface area contributed by atoms with E-state index in [9.17, 15) is 22.8 Å². The molecule has 0 radical (unpaired) electrons. The summed E-state index contributed by atoms with van der Waals surface area (Å²) in [5.41, 5.74) is 2.52. The number of fused-ring (bicyclic) bond motifs is 2. The molecule has 4 rings (SSSR count). The van der Waals surface area contributed by atoms with Crippen molar-refractivity contribution < 1.29 is 27.5 Å². The number of para-hydroxylation sites is 2. The highest BCUT2D eigenvalue weighted by molar-refractivity contribution is 6.01. The van der Waals surface area contributed by atoms with Gasteiger partial charge in [-0.3, -0.25) is 14.6 Å². The van der Waals surface area contributed by atoms with Crippen LogP contribution in [-0.2, 0) is 22.6 Å². The molecule has 0 bridgehead atoms. The molecule has 1 aromatic heterocycles. The zero-order valence-corrected chi connectivity index (χ0v) is 21.2. The predicted molar refractivity (Wildman–Crippen MR) is 137 cm³/mol. The first-order chi connectivity index (χ1) is 17.2. The standard InChI is InChI=1S/C26H27F3N4O3.ClH/c1-16(30-2)24(34)32-21-12-11-17-7-3-6-10-22(17)33(25(21)35)14-19-18-8-4-5-9-20(18)31-13-23(19)36-15-26(27,28)29;/h3-10,13,16,21,30H,11-12,14-15H2,1-2H3,(H,32,34);1H/t16-,21-;/m0./s1. The molecule has 2 amide bonds. The normalized spacial score (nSPS) is 16.4. The Balaban J connectivity index is 0.00000380. The second-order valence-electron chi connectivity index (χ2n) is 8.69. The van der Waals surface area contributed by atoms with Crippen molar-refractivity contribution in [2.24, 2.45) is 0 Å². The van der Waals surface area contributed by atoms with Gasteiger partial charge in [0, 0.05) is 16.6 Å². The number of pyridine rings is 1. The average molecular weight is 537 g/mol. The van der Waals surface area contributed by atoms with E-state index >= 15 is 0 Å². The molecule has 1 aliphatic rings. The van der Waals surface area contributed by atoms with Crippen molar-refractivity contribution in [2.45, 2.75) is 44.6 Å². The van der Waals surface area contributed by atoms with Crippen LogP contribution >= 0.6 is 12.4 Å². The summed E-state index contributed by atoms with van der Waals surface area (Å²) in [4.78, 5) is 32.1. The Morgan fingerprint density at radius 3 is 2.62 bits per heavy atom. The molecule has 2 atom stereocenters. The van der Waals surface area contributed by atoms with Crippen LogP contribution < -0.4 is 20.3 Å². The number of nitrogens with zero attached hydrogens (tertiary/aromatic N) is 2. The topological polar surface area (TPSA) is 83.6 Å². The SMILES string of the molecule is CN[C@@H](C)C(=O)N[C@H]1CCc2ccccc2N(Cc2c(OCC(F)(F)F)cnc3ccccc23)C1=O.Cl. The fraction of sp³-hybridized carbons (Fsp3) is 0.346. The molecule has 2 heterocycles. The number of halogens is 4. The Labute approximate surface area is 218 Å². The van der Waals surface area contributed by atoms with E-state index in [0.717, 1.165) is 5.56 Å². The average Bonchev–Trinajstić information content (AvgIpc) is 2.99. The molecule has 0 fully saturated rings. The van der Waals surface area contributed by atoms with Crippen molar-refractivity contribution in [1.29, 1.82) is 0 Å². The highest BCUT2D eigenvalue weighted by Gasteiger charge is 2.34. The second-order valence-corrected chi connectivity index (χ2v) is 8.69. The number of hydrogen-bond acceptors (Lipinski definition) is 5. The van der Waals surface area contributed by atoms with Crippen LogP contribution in [0.25, 0.3) is 10.9 Å². The summed E-state index contributed by atoms with van der Waals surface area (Å²) in [7, 11) is 1.65. The van der Waals surface area contributed by atoms with Crippen LogP contribution in [0.3, 0.4) is 0 Å². The number of carbonyl (C=O) groups is 2. The van der Waals surface area contributed by atoms with Crippen molar-refractivity contribution >= 4 is 40.8 Å². The van der Waals surface area contributed by atoms with E-state index in [0.29, 0.717) is 35.0 Å². The van der Waals surface area contributed by atoms with E-state index in [1.807, 2.05) is 12.1 Å². The summed E-state index contributed by atoms with van der Waals surface area (Å²) >= 11 is 0. The number of likely N-dealkylation sites (N-methyl/N-ethyl adjacent to an activating group) is 1. The molecule has 0 aliphatic carbocycles. The molecule has 198 valence electrons. The van der Waals surface area contributed by atoms with Crippen LogP contribution in [0.4, 0.5) is 18.9 Å². The molecule has 0 unspecified atom stereocenters. The summed E-state index contributed by atoms with van der Waals surface area (Å²) in [6.45, 7) is 0.154. The molecule has 2 N–H and O–H groups in total. The van der Waals surface area contributed by atoms with Gasteiger partial charge < -0.3 is 20.3 Å². The third kappa shape index (κ3) is 6.50. The maximum Gasteiger partial charge on any atom is 0.422 e. The molecule has 7 nitrogen and oxygen atoms in total. The van der Waals surface area contributed by atoms with Gasteiger partial charge in [0.05, 0.1) is 24.3 Å². The molecule has 0 saturated heterocycles. The fourth-order valence-corrected chi connectivity index (χ4v) is 4.23.